The molecule has 0 saturated carbocycles. The first-order chi connectivity index (χ1) is 17.8. The van der Waals surface area contributed by atoms with Crippen molar-refractivity contribution in [1.29, 1.82) is 0 Å². The van der Waals surface area contributed by atoms with Gasteiger partial charge in [-0.2, -0.15) is 18.3 Å². The molecule has 0 spiro atoms. The van der Waals surface area contributed by atoms with E-state index in [2.05, 4.69) is 27.6 Å². The van der Waals surface area contributed by atoms with Crippen molar-refractivity contribution in [3.8, 4) is 11.8 Å². The Hall–Kier alpha value is -3.10. The Bertz CT molecular complexity index is 1360. The van der Waals surface area contributed by atoms with E-state index in [1.165, 1.54) is 6.20 Å². The smallest absolute Gasteiger partial charge is 0.378 e. The highest BCUT2D eigenvalue weighted by molar-refractivity contribution is 7.20. The summed E-state index contributed by atoms with van der Waals surface area (Å²) in [6.45, 7) is 6.88. The topological polar surface area (TPSA) is 62.2 Å². The summed E-state index contributed by atoms with van der Waals surface area (Å²) in [6, 6.07) is 4.65. The normalized spacial score (nSPS) is 18.7. The van der Waals surface area contributed by atoms with Gasteiger partial charge in [0.15, 0.2) is 0 Å². The number of anilines is 1. The monoisotopic (exact) mass is 549 g/mol. The Balaban J connectivity index is 1.55. The van der Waals surface area contributed by atoms with Gasteiger partial charge in [-0.15, -0.1) is 11.3 Å². The van der Waals surface area contributed by atoms with Gasteiger partial charge in [-0.05, 0) is 51.3 Å². The third-order valence-electron chi connectivity index (χ3n) is 6.35. The molecular weight excluding hydrogens is 518 g/mol. The quantitative estimate of drug-likeness (QED) is 0.340. The molecular formula is C27H31F4N5OS. The van der Waals surface area contributed by atoms with Crippen LogP contribution in [0, 0.1) is 11.8 Å². The maximum atomic E-state index is 14.6. The van der Waals surface area contributed by atoms with Crippen LogP contribution in [0.5, 0.6) is 0 Å². The van der Waals surface area contributed by atoms with Crippen LogP contribution in [-0.4, -0.2) is 65.7 Å². The Morgan fingerprint density at radius 1 is 1.26 bits per heavy atom. The van der Waals surface area contributed by atoms with Crippen LogP contribution in [0.4, 0.5) is 23.2 Å². The molecule has 1 aromatic carbocycles. The maximum absolute atomic E-state index is 14.6. The number of halogens is 4. The highest BCUT2D eigenvalue weighted by Crippen LogP contribution is 2.39. The summed E-state index contributed by atoms with van der Waals surface area (Å²) in [5.74, 6) is 5.25. The summed E-state index contributed by atoms with van der Waals surface area (Å²) < 4.78 is 57.4. The lowest BCUT2D eigenvalue weighted by Crippen LogP contribution is -2.46. The van der Waals surface area contributed by atoms with Crippen molar-refractivity contribution in [2.75, 3.05) is 32.0 Å². The standard InChI is InChI=1S/C27H31F4N5OS/c1-26(2,3)36-15-17(14-33-36)25(37)32-11-6-9-23-19(13-27(29,30)31)18-7-5-8-22(24(18)38-23)34-21-10-12-35(4)16-20(21)28/h5,7-8,14-15,20-21,34H,10-13,16H2,1-4H3,(H,32,37). The maximum Gasteiger partial charge on any atom is 0.393 e. The summed E-state index contributed by atoms with van der Waals surface area (Å²) in [6.07, 6.45) is -2.95. The van der Waals surface area contributed by atoms with E-state index >= 15 is 0 Å². The summed E-state index contributed by atoms with van der Waals surface area (Å²) in [4.78, 5) is 14.6. The zero-order valence-electron chi connectivity index (χ0n) is 21.7. The second kappa shape index (κ2) is 10.9. The molecule has 3 aromatic rings. The van der Waals surface area contributed by atoms with Crippen LogP contribution in [0.1, 0.15) is 48.0 Å². The van der Waals surface area contributed by atoms with Crippen molar-refractivity contribution in [1.82, 2.24) is 20.0 Å². The number of hydrogen-bond donors (Lipinski definition) is 2. The van der Waals surface area contributed by atoms with E-state index in [0.29, 0.717) is 34.3 Å². The van der Waals surface area contributed by atoms with Crippen molar-refractivity contribution in [2.24, 2.45) is 0 Å². The number of rotatable bonds is 5. The number of nitrogens with one attached hydrogen (secondary N) is 2. The number of aromatic nitrogens is 2. The van der Waals surface area contributed by atoms with Crippen LogP contribution < -0.4 is 10.6 Å². The highest BCUT2D eigenvalue weighted by Gasteiger charge is 2.32. The first-order valence-electron chi connectivity index (χ1n) is 12.3. The molecule has 1 amide bonds. The minimum absolute atomic E-state index is 0.0382. The molecule has 4 rings (SSSR count). The van der Waals surface area contributed by atoms with Crippen LogP contribution in [-0.2, 0) is 12.0 Å². The molecule has 0 radical (unpaired) electrons. The SMILES string of the molecule is CN1CCC(Nc2cccc3c(CC(F)(F)F)c(C#CCNC(=O)c4cnn(C(C)(C)C)c4)sc23)C(F)C1. The van der Waals surface area contributed by atoms with Crippen LogP contribution in [0.15, 0.2) is 30.6 Å². The van der Waals surface area contributed by atoms with Crippen LogP contribution >= 0.6 is 11.3 Å². The van der Waals surface area contributed by atoms with Gasteiger partial charge in [0.2, 0.25) is 0 Å². The Kier molecular flexibility index (Phi) is 8.04. The summed E-state index contributed by atoms with van der Waals surface area (Å²) in [7, 11) is 1.86. The second-order valence-electron chi connectivity index (χ2n) is 10.5. The predicted molar refractivity (Wildman–Crippen MR) is 142 cm³/mol. The fourth-order valence-electron chi connectivity index (χ4n) is 4.34. The second-order valence-corrected chi connectivity index (χ2v) is 11.6. The summed E-state index contributed by atoms with van der Waals surface area (Å²) in [5.41, 5.74) is 0.787. The molecule has 2 aromatic heterocycles. The molecule has 2 atom stereocenters. The van der Waals surface area contributed by atoms with Gasteiger partial charge in [-0.25, -0.2) is 4.39 Å². The summed E-state index contributed by atoms with van der Waals surface area (Å²) in [5, 5.41) is 10.5. The van der Waals surface area contributed by atoms with Gasteiger partial charge in [-0.3, -0.25) is 9.48 Å². The van der Waals surface area contributed by atoms with Crippen molar-refractivity contribution in [3.63, 3.8) is 0 Å². The van der Waals surface area contributed by atoms with Gasteiger partial charge in [0.1, 0.15) is 6.17 Å². The van der Waals surface area contributed by atoms with E-state index in [9.17, 15) is 22.4 Å². The molecule has 2 N–H and O–H groups in total. The number of hydrogen-bond acceptors (Lipinski definition) is 5. The number of benzene rings is 1. The number of thiophene rings is 1. The Morgan fingerprint density at radius 2 is 2.03 bits per heavy atom. The van der Waals surface area contributed by atoms with Gasteiger partial charge >= 0.3 is 6.18 Å². The largest absolute Gasteiger partial charge is 0.393 e. The minimum Gasteiger partial charge on any atom is -0.378 e. The van der Waals surface area contributed by atoms with Gasteiger partial charge in [0, 0.05) is 19.3 Å². The molecule has 1 saturated heterocycles. The van der Waals surface area contributed by atoms with Crippen molar-refractivity contribution in [2.45, 2.75) is 57.5 Å². The molecule has 1 aliphatic rings. The molecule has 1 fully saturated rings. The van der Waals surface area contributed by atoms with E-state index in [1.54, 1.807) is 29.1 Å². The lowest BCUT2D eigenvalue weighted by atomic mass is 10.0. The number of carbonyl (C=O) groups excluding carboxylic acids is 1. The molecule has 0 aliphatic carbocycles. The molecule has 11 heteroatoms. The molecule has 38 heavy (non-hydrogen) atoms. The number of alkyl halides is 4. The van der Waals surface area contributed by atoms with E-state index in [-0.39, 0.29) is 28.4 Å². The van der Waals surface area contributed by atoms with Crippen LogP contribution in [0.3, 0.4) is 0 Å². The van der Waals surface area contributed by atoms with Gasteiger partial charge in [0.05, 0.1) is 51.6 Å². The number of amides is 1. The van der Waals surface area contributed by atoms with E-state index in [0.717, 1.165) is 17.9 Å². The van der Waals surface area contributed by atoms with E-state index in [1.807, 2.05) is 32.7 Å². The number of nitrogens with zero attached hydrogens (tertiary/aromatic N) is 3. The fourth-order valence-corrected chi connectivity index (χ4v) is 5.51. The first-order valence-corrected chi connectivity index (χ1v) is 13.2. The van der Waals surface area contributed by atoms with E-state index in [4.69, 9.17) is 0 Å². The molecule has 204 valence electrons. The lowest BCUT2D eigenvalue weighted by Gasteiger charge is -2.33. The highest BCUT2D eigenvalue weighted by atomic mass is 32.1. The van der Waals surface area contributed by atoms with E-state index < -0.39 is 24.8 Å². The van der Waals surface area contributed by atoms with Crippen molar-refractivity contribution in [3.05, 3.63) is 46.6 Å². The van der Waals surface area contributed by atoms with Crippen molar-refractivity contribution < 1.29 is 22.4 Å². The van der Waals surface area contributed by atoms with Crippen LogP contribution in [0.2, 0.25) is 0 Å². The average Bonchev–Trinajstić information content (AvgIpc) is 3.44. The van der Waals surface area contributed by atoms with Crippen LogP contribution in [0.25, 0.3) is 10.1 Å². The zero-order valence-corrected chi connectivity index (χ0v) is 22.6. The Labute approximate surface area is 223 Å². The molecule has 1 aliphatic heterocycles. The van der Waals surface area contributed by atoms with Gasteiger partial charge in [0.25, 0.3) is 5.91 Å². The summed E-state index contributed by atoms with van der Waals surface area (Å²) >= 11 is 1.15. The Morgan fingerprint density at radius 3 is 2.68 bits per heavy atom. The minimum atomic E-state index is -4.42. The molecule has 6 nitrogen and oxygen atoms in total. The number of carbonyl (C=O) groups is 1. The third-order valence-corrected chi connectivity index (χ3v) is 7.55. The lowest BCUT2D eigenvalue weighted by molar-refractivity contribution is -0.126. The van der Waals surface area contributed by atoms with Gasteiger partial charge < -0.3 is 15.5 Å². The number of piperidine rings is 1. The number of fused-ring (bicyclic) bond motifs is 1. The first kappa shape index (κ1) is 27.9. The predicted octanol–water partition coefficient (Wildman–Crippen LogP) is 5.19. The average molecular weight is 550 g/mol. The fraction of sp³-hybridized carbons (Fsp3) is 0.481. The van der Waals surface area contributed by atoms with Crippen molar-refractivity contribution >= 4 is 33.0 Å². The molecule has 3 heterocycles. The third kappa shape index (κ3) is 6.66. The molecule has 0 bridgehead atoms. The van der Waals surface area contributed by atoms with Gasteiger partial charge in [-0.1, -0.05) is 24.0 Å². The zero-order chi connectivity index (χ0) is 27.7. The molecule has 2 unspecified atom stereocenters. The number of likely N-dealkylation sites (tertiary alicyclic amines) is 1.